The SMILES string of the molecule is CC(=O)N1CCCC1C(=O)Nc1cc(C)nn1-c1cccc(C(F)(F)F)c1. The van der Waals surface area contributed by atoms with Gasteiger partial charge in [0.1, 0.15) is 11.9 Å². The Morgan fingerprint density at radius 1 is 1.26 bits per heavy atom. The molecule has 1 fully saturated rings. The molecule has 0 radical (unpaired) electrons. The largest absolute Gasteiger partial charge is 0.416 e. The van der Waals surface area contributed by atoms with E-state index in [4.69, 9.17) is 0 Å². The van der Waals surface area contributed by atoms with Crippen LogP contribution in [0.15, 0.2) is 30.3 Å². The highest BCUT2D eigenvalue weighted by atomic mass is 19.4. The third-order valence-corrected chi connectivity index (χ3v) is 4.46. The van der Waals surface area contributed by atoms with E-state index < -0.39 is 17.8 Å². The first-order valence-corrected chi connectivity index (χ1v) is 8.49. The van der Waals surface area contributed by atoms with Crippen molar-refractivity contribution in [1.82, 2.24) is 14.7 Å². The van der Waals surface area contributed by atoms with Crippen LogP contribution in [0.2, 0.25) is 0 Å². The summed E-state index contributed by atoms with van der Waals surface area (Å²) in [6.45, 7) is 3.60. The Bertz CT molecular complexity index is 876. The van der Waals surface area contributed by atoms with Crippen LogP contribution in [0.5, 0.6) is 0 Å². The number of rotatable bonds is 3. The molecule has 1 aliphatic heterocycles. The molecule has 27 heavy (non-hydrogen) atoms. The number of carbonyl (C=O) groups excluding carboxylic acids is 2. The van der Waals surface area contributed by atoms with Gasteiger partial charge in [0.2, 0.25) is 11.8 Å². The number of benzene rings is 1. The van der Waals surface area contributed by atoms with E-state index in [-0.39, 0.29) is 23.3 Å². The first-order chi connectivity index (χ1) is 12.7. The number of hydrogen-bond donors (Lipinski definition) is 1. The zero-order valence-electron chi connectivity index (χ0n) is 14.9. The molecule has 144 valence electrons. The number of aryl methyl sites for hydroxylation is 1. The van der Waals surface area contributed by atoms with Gasteiger partial charge in [-0.05, 0) is 38.0 Å². The Morgan fingerprint density at radius 3 is 2.67 bits per heavy atom. The Morgan fingerprint density at radius 2 is 2.00 bits per heavy atom. The van der Waals surface area contributed by atoms with Crippen LogP contribution in [0.25, 0.3) is 5.69 Å². The molecule has 1 unspecified atom stereocenters. The van der Waals surface area contributed by atoms with E-state index in [2.05, 4.69) is 10.4 Å². The molecule has 6 nitrogen and oxygen atoms in total. The first kappa shape index (κ1) is 18.9. The van der Waals surface area contributed by atoms with E-state index in [0.29, 0.717) is 18.7 Å². The van der Waals surface area contributed by atoms with Crippen molar-refractivity contribution in [3.63, 3.8) is 0 Å². The predicted molar refractivity (Wildman–Crippen MR) is 92.3 cm³/mol. The molecule has 2 amide bonds. The summed E-state index contributed by atoms with van der Waals surface area (Å²) in [6.07, 6.45) is -3.21. The second-order valence-corrected chi connectivity index (χ2v) is 6.49. The monoisotopic (exact) mass is 380 g/mol. The average Bonchev–Trinajstić information content (AvgIpc) is 3.21. The maximum absolute atomic E-state index is 13.0. The molecule has 9 heteroatoms. The molecule has 2 aromatic rings. The molecule has 1 aliphatic rings. The number of amides is 2. The smallest absolute Gasteiger partial charge is 0.331 e. The summed E-state index contributed by atoms with van der Waals surface area (Å²) < 4.78 is 40.2. The maximum Gasteiger partial charge on any atom is 0.416 e. The van der Waals surface area contributed by atoms with E-state index in [1.165, 1.54) is 28.6 Å². The van der Waals surface area contributed by atoms with Crippen molar-refractivity contribution in [2.45, 2.75) is 38.9 Å². The standard InChI is InChI=1S/C18H19F3N4O2/c1-11-9-16(22-17(27)15-7-4-8-24(15)12(2)26)25(23-11)14-6-3-5-13(10-14)18(19,20)21/h3,5-6,9-10,15H,4,7-8H2,1-2H3,(H,22,27). The van der Waals surface area contributed by atoms with E-state index in [0.717, 1.165) is 18.6 Å². The van der Waals surface area contributed by atoms with Crippen molar-refractivity contribution in [1.29, 1.82) is 0 Å². The maximum atomic E-state index is 13.0. The molecule has 0 aliphatic carbocycles. The summed E-state index contributed by atoms with van der Waals surface area (Å²) in [5.41, 5.74) is -0.0791. The van der Waals surface area contributed by atoms with Gasteiger partial charge in [-0.3, -0.25) is 9.59 Å². The van der Waals surface area contributed by atoms with Gasteiger partial charge in [0.25, 0.3) is 0 Å². The van der Waals surface area contributed by atoms with Crippen LogP contribution < -0.4 is 5.32 Å². The highest BCUT2D eigenvalue weighted by Gasteiger charge is 2.33. The number of hydrogen-bond acceptors (Lipinski definition) is 3. The number of nitrogens with zero attached hydrogens (tertiary/aromatic N) is 3. The van der Waals surface area contributed by atoms with Crippen LogP contribution in [-0.4, -0.2) is 39.1 Å². The fourth-order valence-corrected chi connectivity index (χ4v) is 3.23. The lowest BCUT2D eigenvalue weighted by Crippen LogP contribution is -2.42. The van der Waals surface area contributed by atoms with Crippen molar-refractivity contribution < 1.29 is 22.8 Å². The number of alkyl halides is 3. The summed E-state index contributed by atoms with van der Waals surface area (Å²) in [5, 5.41) is 6.89. The highest BCUT2D eigenvalue weighted by molar-refractivity contribution is 5.97. The number of carbonyl (C=O) groups is 2. The minimum atomic E-state index is -4.48. The second-order valence-electron chi connectivity index (χ2n) is 6.49. The van der Waals surface area contributed by atoms with Crippen LogP contribution in [-0.2, 0) is 15.8 Å². The van der Waals surface area contributed by atoms with Crippen LogP contribution >= 0.6 is 0 Å². The highest BCUT2D eigenvalue weighted by Crippen LogP contribution is 2.31. The van der Waals surface area contributed by atoms with Crippen LogP contribution in [0.4, 0.5) is 19.0 Å². The normalized spacial score (nSPS) is 17.2. The van der Waals surface area contributed by atoms with Gasteiger partial charge in [0.05, 0.1) is 16.9 Å². The summed E-state index contributed by atoms with van der Waals surface area (Å²) in [4.78, 5) is 25.8. The molecule has 2 heterocycles. The van der Waals surface area contributed by atoms with E-state index >= 15 is 0 Å². The Kier molecular flexibility index (Phi) is 4.95. The third kappa shape index (κ3) is 3.96. The average molecular weight is 380 g/mol. The van der Waals surface area contributed by atoms with Gasteiger partial charge in [0, 0.05) is 19.5 Å². The molecule has 1 aromatic carbocycles. The van der Waals surface area contributed by atoms with Crippen molar-refractivity contribution in [2.24, 2.45) is 0 Å². The van der Waals surface area contributed by atoms with Gasteiger partial charge in [-0.1, -0.05) is 6.07 Å². The van der Waals surface area contributed by atoms with Crippen molar-refractivity contribution in [3.8, 4) is 5.69 Å². The molecular weight excluding hydrogens is 361 g/mol. The molecule has 3 rings (SSSR count). The van der Waals surface area contributed by atoms with Gasteiger partial charge in [-0.15, -0.1) is 0 Å². The molecule has 0 saturated carbocycles. The second kappa shape index (κ2) is 7.05. The van der Waals surface area contributed by atoms with Crippen molar-refractivity contribution in [2.75, 3.05) is 11.9 Å². The van der Waals surface area contributed by atoms with E-state index in [1.807, 2.05) is 0 Å². The zero-order chi connectivity index (χ0) is 19.8. The van der Waals surface area contributed by atoms with E-state index in [1.54, 1.807) is 13.0 Å². The van der Waals surface area contributed by atoms with Crippen LogP contribution in [0.3, 0.4) is 0 Å². The molecule has 0 bridgehead atoms. The predicted octanol–water partition coefficient (Wildman–Crippen LogP) is 3.15. The topological polar surface area (TPSA) is 67.2 Å². The number of likely N-dealkylation sites (tertiary alicyclic amines) is 1. The summed E-state index contributed by atoms with van der Waals surface area (Å²) >= 11 is 0. The molecule has 1 N–H and O–H groups in total. The number of aromatic nitrogens is 2. The Labute approximate surface area is 154 Å². The minimum absolute atomic E-state index is 0.183. The number of halogens is 3. The third-order valence-electron chi connectivity index (χ3n) is 4.46. The fraction of sp³-hybridized carbons (Fsp3) is 0.389. The number of anilines is 1. The van der Waals surface area contributed by atoms with Gasteiger partial charge in [-0.25, -0.2) is 4.68 Å². The lowest BCUT2D eigenvalue weighted by molar-refractivity contribution is -0.137. The fourth-order valence-electron chi connectivity index (χ4n) is 3.23. The number of nitrogens with one attached hydrogen (secondary N) is 1. The molecule has 1 atom stereocenters. The van der Waals surface area contributed by atoms with Gasteiger partial charge >= 0.3 is 6.18 Å². The van der Waals surface area contributed by atoms with Gasteiger partial charge in [0.15, 0.2) is 0 Å². The van der Waals surface area contributed by atoms with Crippen LogP contribution in [0, 0.1) is 6.92 Å². The molecule has 1 saturated heterocycles. The summed E-state index contributed by atoms with van der Waals surface area (Å²) in [6, 6.07) is 5.70. The molecule has 1 aromatic heterocycles. The zero-order valence-corrected chi connectivity index (χ0v) is 14.9. The minimum Gasteiger partial charge on any atom is -0.331 e. The quantitative estimate of drug-likeness (QED) is 0.890. The van der Waals surface area contributed by atoms with Crippen molar-refractivity contribution in [3.05, 3.63) is 41.6 Å². The summed E-state index contributed by atoms with van der Waals surface area (Å²) in [7, 11) is 0. The first-order valence-electron chi connectivity index (χ1n) is 8.49. The van der Waals surface area contributed by atoms with Gasteiger partial charge in [-0.2, -0.15) is 18.3 Å². The Hall–Kier alpha value is -2.84. The van der Waals surface area contributed by atoms with Crippen molar-refractivity contribution >= 4 is 17.6 Å². The van der Waals surface area contributed by atoms with E-state index in [9.17, 15) is 22.8 Å². The Balaban J connectivity index is 1.89. The van der Waals surface area contributed by atoms with Crippen LogP contribution in [0.1, 0.15) is 31.0 Å². The summed E-state index contributed by atoms with van der Waals surface area (Å²) in [5.74, 6) is -0.307. The molecular formula is C18H19F3N4O2. The molecule has 0 spiro atoms. The van der Waals surface area contributed by atoms with Gasteiger partial charge < -0.3 is 10.2 Å². The lowest BCUT2D eigenvalue weighted by Gasteiger charge is -2.22. The lowest BCUT2D eigenvalue weighted by atomic mass is 10.2.